The van der Waals surface area contributed by atoms with Crippen LogP contribution in [0, 0.1) is 0 Å². The molecule has 0 saturated heterocycles. The first kappa shape index (κ1) is 25.7. The fourth-order valence-corrected chi connectivity index (χ4v) is 2.39. The fraction of sp³-hybridized carbons (Fsp3) is 1.00. The third kappa shape index (κ3) is 9.57. The van der Waals surface area contributed by atoms with E-state index < -0.39 is 24.4 Å². The Labute approximate surface area is 157 Å². The van der Waals surface area contributed by atoms with E-state index in [1.54, 1.807) is 14.2 Å². The number of methoxy groups -OCH3 is 4. The van der Waals surface area contributed by atoms with Gasteiger partial charge in [0.05, 0.1) is 38.6 Å². The maximum Gasteiger partial charge on any atom is 0.111 e. The van der Waals surface area contributed by atoms with Crippen LogP contribution >= 0.6 is 0 Å². The Kier molecular flexibility index (Phi) is 15.5. The molecule has 0 aromatic heterocycles. The summed E-state index contributed by atoms with van der Waals surface area (Å²) >= 11 is 0. The molecule has 6 unspecified atom stereocenters. The van der Waals surface area contributed by atoms with Crippen LogP contribution in [0.3, 0.4) is 0 Å². The predicted molar refractivity (Wildman–Crippen MR) is 97.4 cm³/mol. The lowest BCUT2D eigenvalue weighted by Gasteiger charge is -2.30. The van der Waals surface area contributed by atoms with E-state index >= 15 is 0 Å². The first-order valence-corrected chi connectivity index (χ1v) is 9.11. The number of rotatable bonds is 17. The third-order valence-electron chi connectivity index (χ3n) is 4.47. The van der Waals surface area contributed by atoms with Gasteiger partial charge in [-0.15, -0.1) is 0 Å². The summed E-state index contributed by atoms with van der Waals surface area (Å²) in [6.07, 6.45) is -2.13. The highest BCUT2D eigenvalue weighted by molar-refractivity contribution is 4.83. The van der Waals surface area contributed by atoms with Crippen LogP contribution in [0.2, 0.25) is 0 Å². The number of aliphatic hydroxyl groups excluding tert-OH is 2. The van der Waals surface area contributed by atoms with Gasteiger partial charge in [-0.2, -0.15) is 0 Å². The molecule has 26 heavy (non-hydrogen) atoms. The van der Waals surface area contributed by atoms with Crippen molar-refractivity contribution in [3.63, 3.8) is 0 Å². The Hall–Kier alpha value is -0.320. The monoisotopic (exact) mass is 382 g/mol. The topological polar surface area (TPSA) is 95.8 Å². The first-order chi connectivity index (χ1) is 12.5. The Bertz CT molecular complexity index is 280. The quantitative estimate of drug-likeness (QED) is 0.378. The largest absolute Gasteiger partial charge is 0.388 e. The van der Waals surface area contributed by atoms with E-state index in [0.29, 0.717) is 13.2 Å². The summed E-state index contributed by atoms with van der Waals surface area (Å²) in [5, 5.41) is 20.8. The average molecular weight is 382 g/mol. The van der Waals surface area contributed by atoms with Crippen LogP contribution in [-0.4, -0.2) is 102 Å². The summed E-state index contributed by atoms with van der Waals surface area (Å²) in [4.78, 5) is 0. The van der Waals surface area contributed by atoms with Gasteiger partial charge in [0.2, 0.25) is 0 Å². The third-order valence-corrected chi connectivity index (χ3v) is 4.47. The van der Waals surface area contributed by atoms with Crippen LogP contribution in [0.1, 0.15) is 26.7 Å². The second-order valence-corrected chi connectivity index (χ2v) is 6.14. The first-order valence-electron chi connectivity index (χ1n) is 9.11. The van der Waals surface area contributed by atoms with Gasteiger partial charge in [0.1, 0.15) is 24.4 Å². The Morgan fingerprint density at radius 1 is 0.577 bits per heavy atom. The second kappa shape index (κ2) is 15.7. The van der Waals surface area contributed by atoms with E-state index in [9.17, 15) is 10.2 Å². The second-order valence-electron chi connectivity index (χ2n) is 6.14. The Morgan fingerprint density at radius 3 is 1.15 bits per heavy atom. The van der Waals surface area contributed by atoms with Crippen molar-refractivity contribution in [1.82, 2.24) is 0 Å². The van der Waals surface area contributed by atoms with E-state index in [2.05, 4.69) is 0 Å². The predicted octanol–water partition coefficient (Wildman–Crippen LogP) is 0.621. The number of hydrogen-bond acceptors (Lipinski definition) is 8. The highest BCUT2D eigenvalue weighted by Gasteiger charge is 2.33. The van der Waals surface area contributed by atoms with E-state index in [-0.39, 0.29) is 25.4 Å². The van der Waals surface area contributed by atoms with Gasteiger partial charge in [-0.05, 0) is 12.8 Å². The van der Waals surface area contributed by atoms with Gasteiger partial charge in [-0.1, -0.05) is 13.8 Å². The summed E-state index contributed by atoms with van der Waals surface area (Å²) in [6, 6.07) is 0. The lowest BCUT2D eigenvalue weighted by atomic mass is 10.0. The average Bonchev–Trinajstić information content (AvgIpc) is 2.67. The number of hydrogen-bond donors (Lipinski definition) is 2. The number of ether oxygens (including phenoxy) is 6. The van der Waals surface area contributed by atoms with Crippen LogP contribution in [-0.2, 0) is 28.4 Å². The fourth-order valence-electron chi connectivity index (χ4n) is 2.39. The standard InChI is InChI=1S/C18H38O8/c1-7-13(21-3)9-25-11-15(23-5)17(19)18(20)16(24-6)12-26-10-14(8-2)22-4/h13-20H,7-12H2,1-6H3. The van der Waals surface area contributed by atoms with E-state index in [1.807, 2.05) is 13.8 Å². The molecule has 158 valence electrons. The minimum absolute atomic E-state index is 0.0120. The van der Waals surface area contributed by atoms with Crippen molar-refractivity contribution in [2.24, 2.45) is 0 Å². The van der Waals surface area contributed by atoms with Crippen LogP contribution in [0.25, 0.3) is 0 Å². The van der Waals surface area contributed by atoms with Gasteiger partial charge < -0.3 is 38.6 Å². The Balaban J connectivity index is 4.46. The minimum Gasteiger partial charge on any atom is -0.388 e. The van der Waals surface area contributed by atoms with Crippen LogP contribution < -0.4 is 0 Å². The molecule has 0 aromatic rings. The van der Waals surface area contributed by atoms with Crippen LogP contribution in [0.5, 0.6) is 0 Å². The summed E-state index contributed by atoms with van der Waals surface area (Å²) in [7, 11) is 6.17. The van der Waals surface area contributed by atoms with Crippen molar-refractivity contribution in [2.75, 3.05) is 54.9 Å². The molecule has 2 N–H and O–H groups in total. The molecule has 0 bridgehead atoms. The van der Waals surface area contributed by atoms with Gasteiger partial charge in [0.25, 0.3) is 0 Å². The summed E-state index contributed by atoms with van der Waals surface area (Å²) in [6.45, 7) is 5.05. The molecule has 0 aromatic carbocycles. The summed E-state index contributed by atoms with van der Waals surface area (Å²) in [5.74, 6) is 0. The molecular formula is C18H38O8. The van der Waals surface area contributed by atoms with Crippen molar-refractivity contribution >= 4 is 0 Å². The van der Waals surface area contributed by atoms with Gasteiger partial charge in [0.15, 0.2) is 0 Å². The van der Waals surface area contributed by atoms with Crippen LogP contribution in [0.15, 0.2) is 0 Å². The zero-order chi connectivity index (χ0) is 19.9. The molecule has 0 saturated carbocycles. The minimum atomic E-state index is -1.18. The molecular weight excluding hydrogens is 344 g/mol. The maximum atomic E-state index is 10.4. The Morgan fingerprint density at radius 2 is 0.923 bits per heavy atom. The molecule has 6 atom stereocenters. The van der Waals surface area contributed by atoms with Gasteiger partial charge in [-0.25, -0.2) is 0 Å². The van der Waals surface area contributed by atoms with Crippen molar-refractivity contribution in [3.05, 3.63) is 0 Å². The highest BCUT2D eigenvalue weighted by Crippen LogP contribution is 2.12. The molecule has 0 aliphatic rings. The molecule has 0 radical (unpaired) electrons. The summed E-state index contributed by atoms with van der Waals surface area (Å²) in [5.41, 5.74) is 0. The highest BCUT2D eigenvalue weighted by atomic mass is 16.6. The molecule has 8 heteroatoms. The molecule has 0 rings (SSSR count). The van der Waals surface area contributed by atoms with Crippen LogP contribution in [0.4, 0.5) is 0 Å². The zero-order valence-corrected chi connectivity index (χ0v) is 17.1. The SMILES string of the molecule is CCC(COCC(OC)C(O)C(O)C(COCC(CC)OC)OC)OC. The lowest BCUT2D eigenvalue weighted by molar-refractivity contribution is -0.155. The van der Waals surface area contributed by atoms with Gasteiger partial charge in [-0.3, -0.25) is 0 Å². The maximum absolute atomic E-state index is 10.4. The van der Waals surface area contributed by atoms with Crippen molar-refractivity contribution < 1.29 is 38.6 Å². The van der Waals surface area contributed by atoms with E-state index in [1.165, 1.54) is 14.2 Å². The van der Waals surface area contributed by atoms with Crippen molar-refractivity contribution in [2.45, 2.75) is 63.3 Å². The van der Waals surface area contributed by atoms with E-state index in [4.69, 9.17) is 28.4 Å². The molecule has 0 spiro atoms. The van der Waals surface area contributed by atoms with E-state index in [0.717, 1.165) is 12.8 Å². The molecule has 0 amide bonds. The zero-order valence-electron chi connectivity index (χ0n) is 17.1. The molecule has 0 aliphatic carbocycles. The van der Waals surface area contributed by atoms with Crippen molar-refractivity contribution in [3.8, 4) is 0 Å². The van der Waals surface area contributed by atoms with Crippen molar-refractivity contribution in [1.29, 1.82) is 0 Å². The molecule has 0 heterocycles. The smallest absolute Gasteiger partial charge is 0.111 e. The van der Waals surface area contributed by atoms with Gasteiger partial charge >= 0.3 is 0 Å². The molecule has 0 aliphatic heterocycles. The summed E-state index contributed by atoms with van der Waals surface area (Å²) < 4.78 is 32.1. The lowest BCUT2D eigenvalue weighted by Crippen LogP contribution is -2.49. The molecule has 0 fully saturated rings. The number of aliphatic hydroxyl groups is 2. The van der Waals surface area contributed by atoms with Gasteiger partial charge in [0, 0.05) is 28.4 Å². The normalized spacial score (nSPS) is 18.9. The molecule has 8 nitrogen and oxygen atoms in total.